The Hall–Kier alpha value is -1.43. The summed E-state index contributed by atoms with van der Waals surface area (Å²) in [5, 5.41) is 3.10. The molecule has 5 heteroatoms. The summed E-state index contributed by atoms with van der Waals surface area (Å²) in [4.78, 5) is 14.4. The molecule has 2 heterocycles. The van der Waals surface area contributed by atoms with Gasteiger partial charge in [0.2, 0.25) is 5.91 Å². The van der Waals surface area contributed by atoms with Gasteiger partial charge in [-0.1, -0.05) is 30.3 Å². The second kappa shape index (κ2) is 9.16. The molecule has 2 saturated heterocycles. The summed E-state index contributed by atoms with van der Waals surface area (Å²) < 4.78 is 11.0. The van der Waals surface area contributed by atoms with E-state index in [4.69, 9.17) is 9.47 Å². The highest BCUT2D eigenvalue weighted by Crippen LogP contribution is 2.14. The molecule has 2 fully saturated rings. The third kappa shape index (κ3) is 5.58. The predicted octanol–water partition coefficient (Wildman–Crippen LogP) is 1.96. The molecule has 132 valence electrons. The number of amides is 1. The van der Waals surface area contributed by atoms with Crippen molar-refractivity contribution < 1.29 is 14.3 Å². The first kappa shape index (κ1) is 17.4. The summed E-state index contributed by atoms with van der Waals surface area (Å²) in [6.45, 7) is 4.54. The smallest absolute Gasteiger partial charge is 0.246 e. The lowest BCUT2D eigenvalue weighted by Gasteiger charge is -2.32. The second-order valence-electron chi connectivity index (χ2n) is 6.75. The summed E-state index contributed by atoms with van der Waals surface area (Å²) in [6.07, 6.45) is 4.33. The van der Waals surface area contributed by atoms with Gasteiger partial charge in [0.25, 0.3) is 0 Å². The van der Waals surface area contributed by atoms with E-state index >= 15 is 0 Å². The fraction of sp³-hybridized carbons (Fsp3) is 0.632. The largest absolute Gasteiger partial charge is 0.376 e. The Kier molecular flexibility index (Phi) is 6.64. The lowest BCUT2D eigenvalue weighted by molar-refractivity contribution is -0.127. The number of carbonyl (C=O) groups is 1. The van der Waals surface area contributed by atoms with E-state index in [1.54, 1.807) is 0 Å². The molecule has 24 heavy (non-hydrogen) atoms. The second-order valence-corrected chi connectivity index (χ2v) is 6.75. The van der Waals surface area contributed by atoms with Gasteiger partial charge in [-0.15, -0.1) is 0 Å². The van der Waals surface area contributed by atoms with Gasteiger partial charge in [0.05, 0.1) is 12.7 Å². The molecule has 0 aliphatic carbocycles. The van der Waals surface area contributed by atoms with Crippen LogP contribution in [0.1, 0.15) is 31.2 Å². The number of nitrogens with one attached hydrogen (secondary N) is 1. The number of nitrogens with zero attached hydrogens (tertiary/aromatic N) is 1. The Morgan fingerprint density at radius 1 is 1.21 bits per heavy atom. The molecule has 1 N–H and O–H groups in total. The van der Waals surface area contributed by atoms with Crippen molar-refractivity contribution in [2.24, 2.45) is 0 Å². The van der Waals surface area contributed by atoms with Crippen LogP contribution < -0.4 is 5.32 Å². The van der Waals surface area contributed by atoms with Crippen LogP contribution in [0.5, 0.6) is 0 Å². The first-order chi connectivity index (χ1) is 11.8. The van der Waals surface area contributed by atoms with E-state index in [2.05, 4.69) is 34.5 Å². The van der Waals surface area contributed by atoms with E-state index < -0.39 is 0 Å². The molecule has 1 aromatic carbocycles. The van der Waals surface area contributed by atoms with Gasteiger partial charge in [-0.2, -0.15) is 0 Å². The van der Waals surface area contributed by atoms with Crippen LogP contribution in [0, 0.1) is 0 Å². The quantitative estimate of drug-likeness (QED) is 0.829. The van der Waals surface area contributed by atoms with Gasteiger partial charge in [-0.05, 0) is 31.2 Å². The van der Waals surface area contributed by atoms with Crippen LogP contribution in [-0.2, 0) is 20.8 Å². The van der Waals surface area contributed by atoms with Gasteiger partial charge in [-0.3, -0.25) is 9.69 Å². The van der Waals surface area contributed by atoms with Crippen molar-refractivity contribution in [2.75, 3.05) is 32.9 Å². The number of ether oxygens (including phenoxy) is 2. The number of hydrogen-bond acceptors (Lipinski definition) is 4. The minimum atomic E-state index is -0.00509. The van der Waals surface area contributed by atoms with Crippen molar-refractivity contribution in [2.45, 2.75) is 44.4 Å². The van der Waals surface area contributed by atoms with Gasteiger partial charge in [0, 0.05) is 32.3 Å². The highest BCUT2D eigenvalue weighted by atomic mass is 16.5. The number of hydrogen-bond donors (Lipinski definition) is 1. The van der Waals surface area contributed by atoms with E-state index in [0.717, 1.165) is 51.9 Å². The fourth-order valence-corrected chi connectivity index (χ4v) is 3.41. The minimum absolute atomic E-state index is 0.00509. The van der Waals surface area contributed by atoms with Gasteiger partial charge in [-0.25, -0.2) is 0 Å². The molecule has 1 atom stereocenters. The van der Waals surface area contributed by atoms with Crippen molar-refractivity contribution in [3.8, 4) is 0 Å². The number of likely N-dealkylation sites (tertiary alicyclic amines) is 1. The Balaban J connectivity index is 1.29. The van der Waals surface area contributed by atoms with E-state index in [1.165, 1.54) is 5.56 Å². The third-order valence-corrected chi connectivity index (χ3v) is 4.76. The molecule has 0 radical (unpaired) electrons. The van der Waals surface area contributed by atoms with E-state index in [1.807, 2.05) is 6.07 Å². The molecule has 0 aromatic heterocycles. The molecule has 2 aliphatic rings. The molecule has 0 spiro atoms. The van der Waals surface area contributed by atoms with Gasteiger partial charge in [0.15, 0.2) is 0 Å². The maximum absolute atomic E-state index is 12.0. The van der Waals surface area contributed by atoms with E-state index in [-0.39, 0.29) is 24.7 Å². The van der Waals surface area contributed by atoms with Crippen LogP contribution in [0.25, 0.3) is 0 Å². The summed E-state index contributed by atoms with van der Waals surface area (Å²) in [5.41, 5.74) is 1.35. The molecule has 1 amide bonds. The molecule has 0 saturated carbocycles. The molecular weight excluding hydrogens is 304 g/mol. The Labute approximate surface area is 144 Å². The summed E-state index contributed by atoms with van der Waals surface area (Å²) >= 11 is 0. The normalized spacial score (nSPS) is 22.6. The first-order valence-corrected chi connectivity index (χ1v) is 9.04. The van der Waals surface area contributed by atoms with E-state index in [0.29, 0.717) is 6.61 Å². The first-order valence-electron chi connectivity index (χ1n) is 9.04. The Bertz CT molecular complexity index is 495. The zero-order valence-electron chi connectivity index (χ0n) is 14.3. The van der Waals surface area contributed by atoms with Crippen molar-refractivity contribution in [3.63, 3.8) is 0 Å². The van der Waals surface area contributed by atoms with Crippen LogP contribution in [-0.4, -0.2) is 55.9 Å². The van der Waals surface area contributed by atoms with Gasteiger partial charge >= 0.3 is 0 Å². The average molecular weight is 332 g/mol. The third-order valence-electron chi connectivity index (χ3n) is 4.76. The summed E-state index contributed by atoms with van der Waals surface area (Å²) in [6, 6.07) is 10.8. The standard InChI is InChI=1S/C19H28N2O3/c22-19(15-23-14-18-7-4-12-24-18)20-17-8-10-21(11-9-17)13-16-5-2-1-3-6-16/h1-3,5-6,17-18H,4,7-15H2,(H,20,22). The maximum atomic E-state index is 12.0. The molecule has 1 unspecified atom stereocenters. The minimum Gasteiger partial charge on any atom is -0.376 e. The SMILES string of the molecule is O=C(COCC1CCCO1)NC1CCN(Cc2ccccc2)CC1. The summed E-state index contributed by atoms with van der Waals surface area (Å²) in [5.74, 6) is -0.00509. The molecular formula is C19H28N2O3. The number of piperidine rings is 1. The Morgan fingerprint density at radius 3 is 2.71 bits per heavy atom. The van der Waals surface area contributed by atoms with Gasteiger partial charge < -0.3 is 14.8 Å². The average Bonchev–Trinajstić information content (AvgIpc) is 3.11. The van der Waals surface area contributed by atoms with Crippen LogP contribution in [0.2, 0.25) is 0 Å². The number of carbonyl (C=O) groups excluding carboxylic acids is 1. The Morgan fingerprint density at radius 2 is 2.00 bits per heavy atom. The van der Waals surface area contributed by atoms with Crippen LogP contribution in [0.4, 0.5) is 0 Å². The zero-order valence-corrected chi connectivity index (χ0v) is 14.3. The van der Waals surface area contributed by atoms with E-state index in [9.17, 15) is 4.79 Å². The maximum Gasteiger partial charge on any atom is 0.246 e. The topological polar surface area (TPSA) is 50.8 Å². The van der Waals surface area contributed by atoms with Crippen molar-refractivity contribution >= 4 is 5.91 Å². The molecule has 5 nitrogen and oxygen atoms in total. The highest BCUT2D eigenvalue weighted by molar-refractivity contribution is 5.77. The predicted molar refractivity (Wildman–Crippen MR) is 92.7 cm³/mol. The van der Waals surface area contributed by atoms with Crippen molar-refractivity contribution in [3.05, 3.63) is 35.9 Å². The molecule has 3 rings (SSSR count). The zero-order chi connectivity index (χ0) is 16.6. The van der Waals surface area contributed by atoms with Crippen LogP contribution in [0.3, 0.4) is 0 Å². The number of rotatable bonds is 7. The molecule has 0 bridgehead atoms. The lowest BCUT2D eigenvalue weighted by Crippen LogP contribution is -2.45. The lowest BCUT2D eigenvalue weighted by atomic mass is 10.0. The fourth-order valence-electron chi connectivity index (χ4n) is 3.41. The molecule has 1 aromatic rings. The molecule has 2 aliphatic heterocycles. The van der Waals surface area contributed by atoms with Crippen molar-refractivity contribution in [1.82, 2.24) is 10.2 Å². The highest BCUT2D eigenvalue weighted by Gasteiger charge is 2.21. The summed E-state index contributed by atoms with van der Waals surface area (Å²) in [7, 11) is 0. The monoisotopic (exact) mass is 332 g/mol. The van der Waals surface area contributed by atoms with Gasteiger partial charge in [0.1, 0.15) is 6.61 Å². The van der Waals surface area contributed by atoms with Crippen LogP contribution in [0.15, 0.2) is 30.3 Å². The number of benzene rings is 1. The van der Waals surface area contributed by atoms with Crippen LogP contribution >= 0.6 is 0 Å². The van der Waals surface area contributed by atoms with Crippen molar-refractivity contribution in [1.29, 1.82) is 0 Å².